The summed E-state index contributed by atoms with van der Waals surface area (Å²) in [7, 11) is 0. The van der Waals surface area contributed by atoms with Crippen molar-refractivity contribution in [1.82, 2.24) is 5.43 Å². The highest BCUT2D eigenvalue weighted by Gasteiger charge is 1.86. The van der Waals surface area contributed by atoms with Crippen LogP contribution in [0.1, 0.15) is 55.4 Å². The third kappa shape index (κ3) is 54.8. The smallest absolute Gasteiger partial charge is 0.211 e. The molecule has 28 nitrogen and oxygen atoms in total. The summed E-state index contributed by atoms with van der Waals surface area (Å²) in [6, 6.07) is 0. The zero-order chi connectivity index (χ0) is 41.1. The molecule has 0 unspecified atom stereocenters. The highest BCUT2D eigenvalue weighted by molar-refractivity contribution is 6.30. The normalized spacial score (nSPS) is 12.9. The Kier molecular flexibility index (Phi) is 32.7. The van der Waals surface area contributed by atoms with E-state index in [4.69, 9.17) is 68.5 Å². The molecular weight excluding hydrogens is 680 g/mol. The van der Waals surface area contributed by atoms with E-state index in [0.717, 1.165) is 0 Å². The fraction of sp³-hybridized carbons (Fsp3) is 0.333. The van der Waals surface area contributed by atoms with Crippen molar-refractivity contribution in [1.29, 1.82) is 5.41 Å². The van der Waals surface area contributed by atoms with Crippen molar-refractivity contribution in [2.24, 2.45) is 140 Å². The lowest BCUT2D eigenvalue weighted by Gasteiger charge is -1.92. The van der Waals surface area contributed by atoms with Crippen LogP contribution in [0.2, 0.25) is 0 Å². The predicted octanol–water partition coefficient (Wildman–Crippen LogP) is -3.80. The molecule has 0 radical (unpaired) electrons. The van der Waals surface area contributed by atoms with Crippen LogP contribution in [0.5, 0.6) is 0 Å². The van der Waals surface area contributed by atoms with E-state index in [9.17, 15) is 0 Å². The molecule has 0 aliphatic carbocycles. The van der Waals surface area contributed by atoms with Crippen LogP contribution in [0.3, 0.4) is 0 Å². The number of nitrogens with zero attached hydrogens (tertiary/aromatic N) is 15. The number of hydrogen-bond acceptors (Lipinski definition) is 16. The lowest BCUT2D eigenvalue weighted by molar-refractivity contribution is 1.01. The van der Waals surface area contributed by atoms with E-state index in [1.54, 1.807) is 55.4 Å². The minimum absolute atomic E-state index is 0.105. The van der Waals surface area contributed by atoms with Gasteiger partial charge < -0.3 is 63.1 Å². The summed E-state index contributed by atoms with van der Waals surface area (Å²) in [5, 5.41) is 60.3. The van der Waals surface area contributed by atoms with E-state index in [0.29, 0.717) is 40.4 Å². The van der Waals surface area contributed by atoms with Crippen molar-refractivity contribution >= 4 is 94.9 Å². The summed E-state index contributed by atoms with van der Waals surface area (Å²) >= 11 is 0. The van der Waals surface area contributed by atoms with Gasteiger partial charge in [0.25, 0.3) is 0 Å². The summed E-state index contributed by atoms with van der Waals surface area (Å²) in [5.41, 5.74) is 60.6. The lowest BCUT2D eigenvalue weighted by Crippen LogP contribution is -2.22. The molecule has 0 aromatic heterocycles. The maximum absolute atomic E-state index is 6.98. The summed E-state index contributed by atoms with van der Waals surface area (Å²) in [4.78, 5) is 0. The van der Waals surface area contributed by atoms with E-state index in [2.05, 4.69) is 81.9 Å². The molecule has 0 saturated carbocycles. The third-order valence-corrected chi connectivity index (χ3v) is 3.16. The average molecular weight is 733 g/mol. The van der Waals surface area contributed by atoms with Crippen LogP contribution in [0.15, 0.2) is 76.5 Å². The zero-order valence-corrected chi connectivity index (χ0v) is 30.4. The van der Waals surface area contributed by atoms with Crippen LogP contribution >= 0.6 is 0 Å². The van der Waals surface area contributed by atoms with Gasteiger partial charge in [0.1, 0.15) is 23.3 Å². The molecule has 52 heavy (non-hydrogen) atoms. The Morgan fingerprint density at radius 3 is 0.788 bits per heavy atom. The zero-order valence-electron chi connectivity index (χ0n) is 30.4. The first-order valence-electron chi connectivity index (χ1n) is 13.9. The summed E-state index contributed by atoms with van der Waals surface area (Å²) in [5.74, 6) is 0.918. The first kappa shape index (κ1) is 51.2. The van der Waals surface area contributed by atoms with Crippen LogP contribution in [-0.2, 0) is 0 Å². The van der Waals surface area contributed by atoms with Gasteiger partial charge in [-0.15, -0.1) is 35.7 Å². The fourth-order valence-corrected chi connectivity index (χ4v) is 1.48. The van der Waals surface area contributed by atoms with Crippen molar-refractivity contribution < 1.29 is 0 Å². The number of amidine groups is 4. The monoisotopic (exact) mass is 732 g/mol. The molecule has 0 spiro atoms. The number of rotatable bonds is 12. The second-order valence-corrected chi connectivity index (χ2v) is 9.02. The van der Waals surface area contributed by atoms with Gasteiger partial charge in [-0.25, -0.2) is 0 Å². The molecule has 24 N–H and O–H groups in total. The van der Waals surface area contributed by atoms with Gasteiger partial charge in [-0.1, -0.05) is 0 Å². The van der Waals surface area contributed by atoms with E-state index < -0.39 is 0 Å². The minimum atomic E-state index is -0.107. The first-order valence-corrected chi connectivity index (χ1v) is 13.9. The SMILES string of the molecule is CC(=N)N/N=C\C(C)=N/N=C(N)N.CC(N)=N/N=C\C(C)=N/N=C(N)N.CC(N)=N/N=C\C(C)=N/N=C(N)N.CC(N)=N/N=C\C(C)=N\N=C(N)N. The van der Waals surface area contributed by atoms with Gasteiger partial charge in [-0.2, -0.15) is 40.8 Å². The number of nitrogens with two attached hydrogens (primary N) is 11. The molecule has 288 valence electrons. The van der Waals surface area contributed by atoms with Crippen molar-refractivity contribution in [2.45, 2.75) is 55.4 Å². The van der Waals surface area contributed by atoms with Crippen LogP contribution in [0.4, 0.5) is 0 Å². The van der Waals surface area contributed by atoms with Crippen molar-refractivity contribution in [3.05, 3.63) is 0 Å². The highest BCUT2D eigenvalue weighted by Crippen LogP contribution is 1.80. The Morgan fingerprint density at radius 1 is 0.365 bits per heavy atom. The summed E-state index contributed by atoms with van der Waals surface area (Å²) < 4.78 is 0. The standard InChI is InChI=1S/4C6H13N7/c4*1-4(11-13-6(8)9)3-10-12-5(2)7/h4*3H,1-2H3,(H2,7,12)(H4,8,9,13)/b10-3-,11-4+;3*10-3-,11-4-. The molecule has 0 saturated heterocycles. The number of nitrogens with one attached hydrogen (secondary N) is 2. The van der Waals surface area contributed by atoms with Gasteiger partial charge in [0, 0.05) is 0 Å². The number of hydrogen-bond donors (Lipinski definition) is 13. The van der Waals surface area contributed by atoms with Crippen molar-refractivity contribution in [3.63, 3.8) is 0 Å². The van der Waals surface area contributed by atoms with Crippen LogP contribution in [0.25, 0.3) is 0 Å². The molecule has 0 aliphatic heterocycles. The van der Waals surface area contributed by atoms with E-state index >= 15 is 0 Å². The summed E-state index contributed by atoms with van der Waals surface area (Å²) in [6.07, 6.45) is 5.58. The van der Waals surface area contributed by atoms with E-state index in [1.807, 2.05) is 0 Å². The maximum atomic E-state index is 6.98. The molecule has 0 rings (SSSR count). The van der Waals surface area contributed by atoms with Gasteiger partial charge in [0.15, 0.2) is 0 Å². The van der Waals surface area contributed by atoms with Crippen LogP contribution in [0, 0.1) is 5.41 Å². The Bertz CT molecular complexity index is 1370. The summed E-state index contributed by atoms with van der Waals surface area (Å²) in [6.45, 7) is 13.2. The fourth-order valence-electron chi connectivity index (χ4n) is 1.48. The Hall–Kier alpha value is -7.68. The highest BCUT2D eigenvalue weighted by atomic mass is 15.3. The average Bonchev–Trinajstić information content (AvgIpc) is 3.01. The lowest BCUT2D eigenvalue weighted by atomic mass is 10.5. The first-order chi connectivity index (χ1) is 24.1. The molecule has 0 heterocycles. The van der Waals surface area contributed by atoms with Gasteiger partial charge in [-0.3, -0.25) is 10.8 Å². The van der Waals surface area contributed by atoms with Crippen molar-refractivity contribution in [2.75, 3.05) is 0 Å². The number of guanidine groups is 4. The van der Waals surface area contributed by atoms with Gasteiger partial charge in [-0.05, 0) is 55.4 Å². The molecular formula is C24H52N28. The largest absolute Gasteiger partial charge is 0.386 e. The third-order valence-electron chi connectivity index (χ3n) is 3.16. The molecule has 28 heteroatoms. The second-order valence-electron chi connectivity index (χ2n) is 9.02. The molecule has 0 aromatic carbocycles. The Balaban J connectivity index is -0.000000295. The Labute approximate surface area is 300 Å². The molecule has 0 aliphatic rings. The predicted molar refractivity (Wildman–Crippen MR) is 218 cm³/mol. The van der Waals surface area contributed by atoms with Crippen molar-refractivity contribution in [3.8, 4) is 0 Å². The quantitative estimate of drug-likeness (QED) is 0.0522. The Morgan fingerprint density at radius 2 is 0.596 bits per heavy atom. The van der Waals surface area contributed by atoms with Crippen LogP contribution < -0.4 is 68.5 Å². The molecule has 0 bridgehead atoms. The van der Waals surface area contributed by atoms with Gasteiger partial charge in [0.05, 0.1) is 47.7 Å². The van der Waals surface area contributed by atoms with Crippen LogP contribution in [-0.4, -0.2) is 94.9 Å². The van der Waals surface area contributed by atoms with E-state index in [1.165, 1.54) is 24.9 Å². The molecule has 0 fully saturated rings. The van der Waals surface area contributed by atoms with Gasteiger partial charge >= 0.3 is 0 Å². The maximum Gasteiger partial charge on any atom is 0.211 e. The van der Waals surface area contributed by atoms with E-state index in [-0.39, 0.29) is 29.7 Å². The van der Waals surface area contributed by atoms with Gasteiger partial charge in [0.2, 0.25) is 23.8 Å². The number of hydrazone groups is 1. The topological polar surface area (TPSA) is 508 Å². The molecule has 0 atom stereocenters. The minimum Gasteiger partial charge on any atom is -0.386 e. The molecule has 0 aromatic rings. The second kappa shape index (κ2) is 33.2. The molecule has 0 amide bonds.